The molecule has 0 spiro atoms. The molecule has 0 radical (unpaired) electrons. The van der Waals surface area contributed by atoms with E-state index >= 15 is 0 Å². The lowest BCUT2D eigenvalue weighted by molar-refractivity contribution is 0.361. The molecular formula is C11H18. The van der Waals surface area contributed by atoms with Crippen LogP contribution in [-0.2, 0) is 0 Å². The van der Waals surface area contributed by atoms with Crippen LogP contribution < -0.4 is 0 Å². The van der Waals surface area contributed by atoms with E-state index in [9.17, 15) is 0 Å². The van der Waals surface area contributed by atoms with Gasteiger partial charge in [-0.3, -0.25) is 0 Å². The molecule has 1 rings (SSSR count). The van der Waals surface area contributed by atoms with E-state index in [2.05, 4.69) is 27.0 Å². The highest BCUT2D eigenvalue weighted by atomic mass is 14.4. The SMILES string of the molecule is C=CCC1CC(C)(C)CC1=C. The maximum absolute atomic E-state index is 4.10. The van der Waals surface area contributed by atoms with Gasteiger partial charge in [-0.2, -0.15) is 0 Å². The summed E-state index contributed by atoms with van der Waals surface area (Å²) in [6.45, 7) is 12.5. The molecule has 0 bridgehead atoms. The molecule has 0 aromatic rings. The number of hydrogen-bond acceptors (Lipinski definition) is 0. The van der Waals surface area contributed by atoms with Crippen molar-refractivity contribution in [1.29, 1.82) is 0 Å². The zero-order valence-electron chi connectivity index (χ0n) is 7.69. The molecular weight excluding hydrogens is 132 g/mol. The van der Waals surface area contributed by atoms with Gasteiger partial charge < -0.3 is 0 Å². The van der Waals surface area contributed by atoms with Crippen LogP contribution in [0.2, 0.25) is 0 Å². The Hall–Kier alpha value is -0.520. The average Bonchev–Trinajstić information content (AvgIpc) is 2.07. The molecule has 0 nitrogen and oxygen atoms in total. The highest BCUT2D eigenvalue weighted by molar-refractivity contribution is 5.12. The zero-order chi connectivity index (χ0) is 8.48. The van der Waals surface area contributed by atoms with Crippen molar-refractivity contribution in [2.45, 2.75) is 33.1 Å². The fourth-order valence-electron chi connectivity index (χ4n) is 2.09. The highest BCUT2D eigenvalue weighted by Gasteiger charge is 2.32. The molecule has 0 aromatic carbocycles. The second kappa shape index (κ2) is 2.84. The summed E-state index contributed by atoms with van der Waals surface area (Å²) in [4.78, 5) is 0. The van der Waals surface area contributed by atoms with Gasteiger partial charge >= 0.3 is 0 Å². The molecule has 1 fully saturated rings. The molecule has 1 aliphatic rings. The number of rotatable bonds is 2. The molecule has 0 amide bonds. The normalized spacial score (nSPS) is 28.9. The van der Waals surface area contributed by atoms with Crippen LogP contribution >= 0.6 is 0 Å². The second-order valence-electron chi connectivity index (χ2n) is 4.42. The van der Waals surface area contributed by atoms with Crippen molar-refractivity contribution in [3.05, 3.63) is 24.8 Å². The summed E-state index contributed by atoms with van der Waals surface area (Å²) in [7, 11) is 0. The zero-order valence-corrected chi connectivity index (χ0v) is 7.69. The van der Waals surface area contributed by atoms with Gasteiger partial charge in [0.15, 0.2) is 0 Å². The lowest BCUT2D eigenvalue weighted by Gasteiger charge is -2.15. The Bertz CT molecular complexity index is 174. The largest absolute Gasteiger partial charge is 0.103 e. The lowest BCUT2D eigenvalue weighted by atomic mass is 9.90. The molecule has 1 atom stereocenters. The Balaban J connectivity index is 2.59. The summed E-state index contributed by atoms with van der Waals surface area (Å²) in [5.74, 6) is 0.711. The van der Waals surface area contributed by atoms with Crippen LogP contribution in [0.4, 0.5) is 0 Å². The standard InChI is InChI=1S/C11H18/c1-5-6-10-8-11(3,4)7-9(10)2/h5,10H,1-2,6-8H2,3-4H3. The minimum Gasteiger partial charge on any atom is -0.103 e. The summed E-state index contributed by atoms with van der Waals surface area (Å²) in [6.07, 6.45) is 5.61. The summed E-state index contributed by atoms with van der Waals surface area (Å²) in [5, 5.41) is 0. The van der Waals surface area contributed by atoms with E-state index in [4.69, 9.17) is 0 Å². The first-order valence-electron chi connectivity index (χ1n) is 4.34. The van der Waals surface area contributed by atoms with Crippen molar-refractivity contribution in [2.24, 2.45) is 11.3 Å². The van der Waals surface area contributed by atoms with Gasteiger partial charge in [0.05, 0.1) is 0 Å². The molecule has 1 unspecified atom stereocenters. The quantitative estimate of drug-likeness (QED) is 0.528. The minimum absolute atomic E-state index is 0.491. The maximum Gasteiger partial charge on any atom is -0.0166 e. The summed E-state index contributed by atoms with van der Waals surface area (Å²) >= 11 is 0. The van der Waals surface area contributed by atoms with Crippen LogP contribution in [0.3, 0.4) is 0 Å². The van der Waals surface area contributed by atoms with E-state index in [-0.39, 0.29) is 0 Å². The fourth-order valence-corrected chi connectivity index (χ4v) is 2.09. The molecule has 0 saturated heterocycles. The van der Waals surface area contributed by atoms with Crippen LogP contribution in [0.25, 0.3) is 0 Å². The van der Waals surface area contributed by atoms with E-state index in [0.717, 1.165) is 6.42 Å². The van der Waals surface area contributed by atoms with Crippen LogP contribution in [0.5, 0.6) is 0 Å². The molecule has 0 aromatic heterocycles. The molecule has 0 N–H and O–H groups in total. The van der Waals surface area contributed by atoms with Gasteiger partial charge in [0.25, 0.3) is 0 Å². The van der Waals surface area contributed by atoms with Crippen LogP contribution in [0.1, 0.15) is 33.1 Å². The van der Waals surface area contributed by atoms with E-state index in [1.165, 1.54) is 18.4 Å². The van der Waals surface area contributed by atoms with Gasteiger partial charge in [-0.15, -0.1) is 6.58 Å². The van der Waals surface area contributed by atoms with Gasteiger partial charge in [-0.05, 0) is 30.6 Å². The third kappa shape index (κ3) is 1.95. The van der Waals surface area contributed by atoms with Crippen molar-refractivity contribution in [3.63, 3.8) is 0 Å². The first-order valence-corrected chi connectivity index (χ1v) is 4.34. The van der Waals surface area contributed by atoms with E-state index in [1.807, 2.05) is 6.08 Å². The third-order valence-corrected chi connectivity index (χ3v) is 2.53. The van der Waals surface area contributed by atoms with E-state index in [0.29, 0.717) is 11.3 Å². The Morgan fingerprint density at radius 2 is 2.27 bits per heavy atom. The Labute approximate surface area is 70.0 Å². The summed E-state index contributed by atoms with van der Waals surface area (Å²) < 4.78 is 0. The van der Waals surface area contributed by atoms with Crippen LogP contribution in [0, 0.1) is 11.3 Å². The molecule has 0 heteroatoms. The van der Waals surface area contributed by atoms with Gasteiger partial charge in [0.2, 0.25) is 0 Å². The fraction of sp³-hybridized carbons (Fsp3) is 0.636. The van der Waals surface area contributed by atoms with Crippen molar-refractivity contribution in [1.82, 2.24) is 0 Å². The smallest absolute Gasteiger partial charge is 0.0166 e. The molecule has 0 aliphatic heterocycles. The van der Waals surface area contributed by atoms with Crippen LogP contribution in [0.15, 0.2) is 24.8 Å². The highest BCUT2D eigenvalue weighted by Crippen LogP contribution is 2.45. The average molecular weight is 150 g/mol. The molecule has 62 valence electrons. The monoisotopic (exact) mass is 150 g/mol. The molecule has 11 heavy (non-hydrogen) atoms. The van der Waals surface area contributed by atoms with Gasteiger partial charge in [0, 0.05) is 0 Å². The Morgan fingerprint density at radius 1 is 1.64 bits per heavy atom. The van der Waals surface area contributed by atoms with Crippen LogP contribution in [-0.4, -0.2) is 0 Å². The third-order valence-electron chi connectivity index (χ3n) is 2.53. The first kappa shape index (κ1) is 8.58. The van der Waals surface area contributed by atoms with Crippen molar-refractivity contribution >= 4 is 0 Å². The summed E-state index contributed by atoms with van der Waals surface area (Å²) in [6, 6.07) is 0. The predicted molar refractivity (Wildman–Crippen MR) is 50.5 cm³/mol. The van der Waals surface area contributed by atoms with E-state index < -0.39 is 0 Å². The molecule has 1 aliphatic carbocycles. The Kier molecular flexibility index (Phi) is 2.22. The predicted octanol–water partition coefficient (Wildman–Crippen LogP) is 3.55. The number of allylic oxidation sites excluding steroid dienone is 2. The van der Waals surface area contributed by atoms with Gasteiger partial charge in [-0.1, -0.05) is 32.1 Å². The Morgan fingerprint density at radius 3 is 2.64 bits per heavy atom. The lowest BCUT2D eigenvalue weighted by Crippen LogP contribution is -2.04. The van der Waals surface area contributed by atoms with Crippen molar-refractivity contribution < 1.29 is 0 Å². The topological polar surface area (TPSA) is 0 Å². The van der Waals surface area contributed by atoms with Crippen molar-refractivity contribution in [3.8, 4) is 0 Å². The number of hydrogen-bond donors (Lipinski definition) is 0. The molecule has 0 heterocycles. The first-order chi connectivity index (χ1) is 5.05. The minimum atomic E-state index is 0.491. The maximum atomic E-state index is 4.10. The van der Waals surface area contributed by atoms with Crippen molar-refractivity contribution in [2.75, 3.05) is 0 Å². The molecule has 1 saturated carbocycles. The summed E-state index contributed by atoms with van der Waals surface area (Å²) in [5.41, 5.74) is 1.92. The van der Waals surface area contributed by atoms with Gasteiger partial charge in [-0.25, -0.2) is 0 Å². The second-order valence-corrected chi connectivity index (χ2v) is 4.42. The van der Waals surface area contributed by atoms with Gasteiger partial charge in [0.1, 0.15) is 0 Å². The van der Waals surface area contributed by atoms with E-state index in [1.54, 1.807) is 0 Å².